The van der Waals surface area contributed by atoms with Crippen molar-refractivity contribution >= 4 is 23.6 Å². The van der Waals surface area contributed by atoms with Gasteiger partial charge in [0.2, 0.25) is 11.8 Å². The van der Waals surface area contributed by atoms with Gasteiger partial charge < -0.3 is 11.5 Å². The van der Waals surface area contributed by atoms with Crippen molar-refractivity contribution in [3.63, 3.8) is 0 Å². The van der Waals surface area contributed by atoms with Gasteiger partial charge in [-0.1, -0.05) is 77.0 Å². The highest BCUT2D eigenvalue weighted by Gasteiger charge is 2.61. The van der Waals surface area contributed by atoms with E-state index in [1.54, 1.807) is 11.8 Å². The summed E-state index contributed by atoms with van der Waals surface area (Å²) in [6.07, 6.45) is 23.1. The summed E-state index contributed by atoms with van der Waals surface area (Å²) in [5, 5.41) is 0. The molecular formula is C28H48N2O2S. The molecule has 4 fully saturated rings. The van der Waals surface area contributed by atoms with Gasteiger partial charge >= 0.3 is 0 Å². The Kier molecular flexibility index (Phi) is 8.73. The van der Waals surface area contributed by atoms with Gasteiger partial charge in [0.1, 0.15) is 9.49 Å². The van der Waals surface area contributed by atoms with Gasteiger partial charge in [0.05, 0.1) is 0 Å². The molecule has 0 unspecified atom stereocenters. The average Bonchev–Trinajstić information content (AvgIpc) is 2.87. The third-order valence-corrected chi connectivity index (χ3v) is 12.4. The Labute approximate surface area is 206 Å². The summed E-state index contributed by atoms with van der Waals surface area (Å²) in [6.45, 7) is 0. The van der Waals surface area contributed by atoms with Gasteiger partial charge in [0, 0.05) is 0 Å². The zero-order valence-electron chi connectivity index (χ0n) is 20.8. The van der Waals surface area contributed by atoms with Gasteiger partial charge in [-0.15, -0.1) is 11.8 Å². The van der Waals surface area contributed by atoms with Crippen molar-refractivity contribution in [2.75, 3.05) is 0 Å². The number of hydrogen-bond acceptors (Lipinski definition) is 3. The first-order chi connectivity index (χ1) is 16.0. The maximum Gasteiger partial charge on any atom is 0.234 e. The highest BCUT2D eigenvalue weighted by molar-refractivity contribution is 8.03. The van der Waals surface area contributed by atoms with E-state index in [0.29, 0.717) is 23.7 Å². The van der Waals surface area contributed by atoms with Crippen LogP contribution in [0.25, 0.3) is 0 Å². The molecule has 0 spiro atoms. The van der Waals surface area contributed by atoms with E-state index in [0.717, 1.165) is 51.4 Å². The van der Waals surface area contributed by atoms with Crippen LogP contribution >= 0.6 is 11.8 Å². The molecule has 0 aromatic carbocycles. The van der Waals surface area contributed by atoms with Crippen LogP contribution in [0.1, 0.15) is 128 Å². The van der Waals surface area contributed by atoms with Crippen molar-refractivity contribution in [1.82, 2.24) is 0 Å². The summed E-state index contributed by atoms with van der Waals surface area (Å²) in [5.74, 6) is 0.906. The van der Waals surface area contributed by atoms with Gasteiger partial charge in [-0.3, -0.25) is 9.59 Å². The smallest absolute Gasteiger partial charge is 0.234 e. The normalized spacial score (nSPS) is 25.7. The van der Waals surface area contributed by atoms with Gasteiger partial charge in [0.15, 0.2) is 0 Å². The first-order valence-electron chi connectivity index (χ1n) is 14.3. The Morgan fingerprint density at radius 1 is 0.455 bits per heavy atom. The lowest BCUT2D eigenvalue weighted by atomic mass is 9.67. The molecule has 4 saturated carbocycles. The standard InChI is InChI=1S/C28H48N2O2S/c29-25(31)27(21-13-5-1-6-14-21,22-15-7-2-8-16-22)33-28(26(30)32,23-17-9-3-10-18-23)24-19-11-4-12-20-24/h21-24H,1-20H2,(H2,29,31)(H2,30,32). The molecule has 188 valence electrons. The molecule has 5 heteroatoms. The van der Waals surface area contributed by atoms with Crippen LogP contribution in [-0.2, 0) is 9.59 Å². The molecule has 0 radical (unpaired) electrons. The van der Waals surface area contributed by atoms with Crippen LogP contribution < -0.4 is 11.5 Å². The molecule has 0 bridgehead atoms. The zero-order valence-corrected chi connectivity index (χ0v) is 21.6. The molecule has 4 rings (SSSR count). The molecule has 0 heterocycles. The van der Waals surface area contributed by atoms with Gasteiger partial charge in [-0.05, 0) is 75.0 Å². The van der Waals surface area contributed by atoms with E-state index in [2.05, 4.69) is 0 Å². The second kappa shape index (κ2) is 11.4. The van der Waals surface area contributed by atoms with Gasteiger partial charge in [-0.2, -0.15) is 0 Å². The van der Waals surface area contributed by atoms with Crippen molar-refractivity contribution in [2.45, 2.75) is 138 Å². The Balaban J connectivity index is 1.81. The molecule has 4 aliphatic rings. The number of thioether (sulfide) groups is 1. The lowest BCUT2D eigenvalue weighted by Crippen LogP contribution is -2.62. The zero-order chi connectivity index (χ0) is 23.3. The number of nitrogens with two attached hydrogens (primary N) is 2. The minimum atomic E-state index is -0.634. The maximum atomic E-state index is 13.7. The fourth-order valence-electron chi connectivity index (χ4n) is 8.31. The SMILES string of the molecule is NC(=O)C(SC(C(N)=O)(C1CCCCC1)C1CCCCC1)(C1CCCCC1)C1CCCCC1. The molecule has 0 saturated heterocycles. The number of carbonyl (C=O) groups is 2. The van der Waals surface area contributed by atoms with E-state index in [1.807, 2.05) is 0 Å². The molecule has 0 aromatic rings. The minimum Gasteiger partial charge on any atom is -0.368 e. The largest absolute Gasteiger partial charge is 0.368 e. The quantitative estimate of drug-likeness (QED) is 0.420. The number of hydrogen-bond donors (Lipinski definition) is 2. The molecular weight excluding hydrogens is 428 g/mol. The van der Waals surface area contributed by atoms with Crippen molar-refractivity contribution in [1.29, 1.82) is 0 Å². The van der Waals surface area contributed by atoms with E-state index in [4.69, 9.17) is 11.5 Å². The van der Waals surface area contributed by atoms with Crippen LogP contribution in [0.4, 0.5) is 0 Å². The molecule has 0 aromatic heterocycles. The Morgan fingerprint density at radius 3 is 0.848 bits per heavy atom. The number of carbonyl (C=O) groups excluding carboxylic acids is 2. The molecule has 4 N–H and O–H groups in total. The Bertz CT molecular complexity index is 565. The monoisotopic (exact) mass is 476 g/mol. The first-order valence-corrected chi connectivity index (χ1v) is 15.1. The second-order valence-electron chi connectivity index (χ2n) is 11.8. The van der Waals surface area contributed by atoms with E-state index in [9.17, 15) is 9.59 Å². The van der Waals surface area contributed by atoms with Gasteiger partial charge in [0.25, 0.3) is 0 Å². The van der Waals surface area contributed by atoms with Gasteiger partial charge in [-0.25, -0.2) is 0 Å². The lowest BCUT2D eigenvalue weighted by molar-refractivity contribution is -0.125. The number of primary amides is 2. The van der Waals surface area contributed by atoms with Crippen LogP contribution in [-0.4, -0.2) is 21.3 Å². The van der Waals surface area contributed by atoms with E-state index in [1.165, 1.54) is 77.0 Å². The van der Waals surface area contributed by atoms with Crippen molar-refractivity contribution in [2.24, 2.45) is 35.1 Å². The first kappa shape index (κ1) is 25.4. The van der Waals surface area contributed by atoms with Crippen LogP contribution in [0.3, 0.4) is 0 Å². The number of rotatable bonds is 8. The lowest BCUT2D eigenvalue weighted by Gasteiger charge is -2.55. The minimum absolute atomic E-state index is 0.136. The van der Waals surface area contributed by atoms with Crippen LogP contribution in [0.5, 0.6) is 0 Å². The van der Waals surface area contributed by atoms with Crippen molar-refractivity contribution in [3.8, 4) is 0 Å². The average molecular weight is 477 g/mol. The summed E-state index contributed by atoms with van der Waals surface area (Å²) in [6, 6.07) is 0. The van der Waals surface area contributed by atoms with Crippen LogP contribution in [0.15, 0.2) is 0 Å². The summed E-state index contributed by atoms with van der Waals surface area (Å²) in [5.41, 5.74) is 13.0. The van der Waals surface area contributed by atoms with Crippen LogP contribution in [0, 0.1) is 23.7 Å². The molecule has 33 heavy (non-hydrogen) atoms. The predicted molar refractivity (Wildman–Crippen MR) is 138 cm³/mol. The second-order valence-corrected chi connectivity index (χ2v) is 13.3. The molecule has 4 aliphatic carbocycles. The maximum absolute atomic E-state index is 13.7. The fraction of sp³-hybridized carbons (Fsp3) is 0.929. The highest BCUT2D eigenvalue weighted by Crippen LogP contribution is 2.60. The predicted octanol–water partition coefficient (Wildman–Crippen LogP) is 6.49. The molecule has 2 amide bonds. The van der Waals surface area contributed by atoms with E-state index < -0.39 is 9.49 Å². The molecule has 0 aliphatic heterocycles. The highest BCUT2D eigenvalue weighted by atomic mass is 32.2. The Hall–Kier alpha value is -0.710. The number of amides is 2. The summed E-state index contributed by atoms with van der Waals surface area (Å²) in [4.78, 5) is 27.5. The van der Waals surface area contributed by atoms with Crippen molar-refractivity contribution in [3.05, 3.63) is 0 Å². The molecule has 4 nitrogen and oxygen atoms in total. The summed E-state index contributed by atoms with van der Waals surface area (Å²) >= 11 is 1.78. The third kappa shape index (κ3) is 5.00. The summed E-state index contributed by atoms with van der Waals surface area (Å²) < 4.78 is -1.27. The fourth-order valence-corrected chi connectivity index (χ4v) is 10.7. The molecule has 0 atom stereocenters. The Morgan fingerprint density at radius 2 is 0.667 bits per heavy atom. The van der Waals surface area contributed by atoms with E-state index >= 15 is 0 Å². The summed E-state index contributed by atoms with van der Waals surface area (Å²) in [7, 11) is 0. The van der Waals surface area contributed by atoms with Crippen LogP contribution in [0.2, 0.25) is 0 Å². The third-order valence-electron chi connectivity index (χ3n) is 9.95. The van der Waals surface area contributed by atoms with E-state index in [-0.39, 0.29) is 11.8 Å². The topological polar surface area (TPSA) is 86.2 Å². The van der Waals surface area contributed by atoms with Crippen molar-refractivity contribution < 1.29 is 9.59 Å².